The van der Waals surface area contributed by atoms with Gasteiger partial charge >= 0.3 is 0 Å². The van der Waals surface area contributed by atoms with E-state index in [2.05, 4.69) is 46.5 Å². The summed E-state index contributed by atoms with van der Waals surface area (Å²) in [7, 11) is 0. The van der Waals surface area contributed by atoms with Gasteiger partial charge < -0.3 is 14.8 Å². The predicted molar refractivity (Wildman–Crippen MR) is 118 cm³/mol. The fraction of sp³-hybridized carbons (Fsp3) is 0.565. The van der Waals surface area contributed by atoms with Crippen LogP contribution in [0.25, 0.3) is 10.9 Å². The molecule has 8 heteroatoms. The van der Waals surface area contributed by atoms with Gasteiger partial charge in [0.2, 0.25) is 5.82 Å². The third kappa shape index (κ3) is 3.90. The molecule has 31 heavy (non-hydrogen) atoms. The van der Waals surface area contributed by atoms with Crippen molar-refractivity contribution in [3.05, 3.63) is 51.6 Å². The number of fused-ring (bicyclic) bond motifs is 1. The Morgan fingerprint density at radius 1 is 1.16 bits per heavy atom. The van der Waals surface area contributed by atoms with Crippen molar-refractivity contribution in [2.24, 2.45) is 0 Å². The minimum atomic E-state index is -0.150. The molecule has 1 aliphatic heterocycles. The molecular weight excluding hydrogens is 390 g/mol. The molecule has 1 aromatic carbocycles. The summed E-state index contributed by atoms with van der Waals surface area (Å²) < 4.78 is 2.03. The summed E-state index contributed by atoms with van der Waals surface area (Å²) in [5.41, 5.74) is 2.82. The number of aromatic nitrogens is 5. The number of hydrogen-bond acceptors (Lipinski definition) is 4. The Hall–Kier alpha value is -2.58. The van der Waals surface area contributed by atoms with Gasteiger partial charge in [0.25, 0.3) is 5.56 Å². The van der Waals surface area contributed by atoms with Crippen molar-refractivity contribution in [3.63, 3.8) is 0 Å². The number of quaternary nitrogens is 2. The van der Waals surface area contributed by atoms with E-state index < -0.39 is 0 Å². The lowest BCUT2D eigenvalue weighted by atomic mass is 10.0. The molecule has 164 valence electrons. The molecule has 0 unspecified atom stereocenters. The average molecular weight is 424 g/mol. The number of nitrogens with one attached hydrogen (secondary N) is 3. The normalized spacial score (nSPS) is 23.4. The van der Waals surface area contributed by atoms with E-state index in [0.717, 1.165) is 67.9 Å². The molecule has 2 aromatic heterocycles. The summed E-state index contributed by atoms with van der Waals surface area (Å²) in [5, 5.41) is 14.1. The zero-order valence-corrected chi connectivity index (χ0v) is 18.5. The Labute approximate surface area is 182 Å². The van der Waals surface area contributed by atoms with Crippen LogP contribution in [0.4, 0.5) is 0 Å². The Morgan fingerprint density at radius 3 is 2.68 bits per heavy atom. The van der Waals surface area contributed by atoms with Gasteiger partial charge in [0.05, 0.1) is 18.2 Å². The third-order valence-electron chi connectivity index (χ3n) is 7.29. The van der Waals surface area contributed by atoms with Crippen LogP contribution in [0.15, 0.2) is 29.1 Å². The number of aryl methyl sites for hydroxylation is 1. The molecule has 1 saturated carbocycles. The van der Waals surface area contributed by atoms with Crippen LogP contribution in [0.2, 0.25) is 0 Å². The molecule has 8 nitrogen and oxygen atoms in total. The monoisotopic (exact) mass is 423 g/mol. The van der Waals surface area contributed by atoms with Crippen LogP contribution >= 0.6 is 0 Å². The number of rotatable bonds is 5. The Bertz CT molecular complexity index is 1110. The minimum Gasteiger partial charge on any atom is -0.326 e. The van der Waals surface area contributed by atoms with Gasteiger partial charge in [-0.05, 0) is 60.7 Å². The zero-order valence-electron chi connectivity index (χ0n) is 18.5. The van der Waals surface area contributed by atoms with Gasteiger partial charge in [-0.25, -0.2) is 4.68 Å². The quantitative estimate of drug-likeness (QED) is 0.532. The molecule has 1 saturated heterocycles. The number of tetrazole rings is 1. The Balaban J connectivity index is 1.61. The number of pyridine rings is 1. The lowest BCUT2D eigenvalue weighted by Crippen LogP contribution is -3.28. The van der Waals surface area contributed by atoms with E-state index >= 15 is 0 Å². The number of nitrogens with zero attached hydrogens (tertiary/aromatic N) is 4. The first-order valence-electron chi connectivity index (χ1n) is 11.7. The first kappa shape index (κ1) is 20.3. The summed E-state index contributed by atoms with van der Waals surface area (Å²) in [5.74, 6) is 0.847. The van der Waals surface area contributed by atoms with E-state index in [0.29, 0.717) is 6.04 Å². The van der Waals surface area contributed by atoms with E-state index in [-0.39, 0.29) is 11.6 Å². The highest BCUT2D eigenvalue weighted by molar-refractivity contribution is 5.79. The van der Waals surface area contributed by atoms with Crippen molar-refractivity contribution >= 4 is 10.9 Å². The van der Waals surface area contributed by atoms with Gasteiger partial charge in [0.1, 0.15) is 26.2 Å². The topological polar surface area (TPSA) is 85.3 Å². The van der Waals surface area contributed by atoms with Gasteiger partial charge in [-0.1, -0.05) is 24.5 Å². The van der Waals surface area contributed by atoms with E-state index in [1.54, 1.807) is 4.90 Å². The number of likely N-dealkylation sites (N-methyl/N-ethyl adjacent to an activating group) is 1. The van der Waals surface area contributed by atoms with E-state index in [9.17, 15) is 4.79 Å². The van der Waals surface area contributed by atoms with E-state index in [1.807, 2.05) is 16.8 Å². The summed E-state index contributed by atoms with van der Waals surface area (Å²) in [6, 6.07) is 8.43. The molecule has 0 bridgehead atoms. The molecule has 0 radical (unpaired) electrons. The molecule has 1 aliphatic carbocycles. The second-order valence-electron chi connectivity index (χ2n) is 9.26. The van der Waals surface area contributed by atoms with Crippen molar-refractivity contribution in [1.82, 2.24) is 25.2 Å². The maximum Gasteiger partial charge on any atom is 0.258 e. The van der Waals surface area contributed by atoms with Crippen LogP contribution in [0.3, 0.4) is 0 Å². The van der Waals surface area contributed by atoms with Crippen LogP contribution in [-0.4, -0.2) is 57.9 Å². The minimum absolute atomic E-state index is 0.0277. The van der Waals surface area contributed by atoms with Crippen molar-refractivity contribution in [2.75, 3.05) is 32.7 Å². The summed E-state index contributed by atoms with van der Waals surface area (Å²) in [6.45, 7) is 9.71. The molecule has 5 rings (SSSR count). The Morgan fingerprint density at radius 2 is 1.94 bits per heavy atom. The lowest BCUT2D eigenvalue weighted by molar-refractivity contribution is -1.02. The maximum atomic E-state index is 13.3. The largest absolute Gasteiger partial charge is 0.326 e. The highest BCUT2D eigenvalue weighted by Crippen LogP contribution is 2.31. The van der Waals surface area contributed by atoms with Gasteiger partial charge in [-0.15, -0.1) is 5.10 Å². The first-order valence-corrected chi connectivity index (χ1v) is 11.7. The van der Waals surface area contributed by atoms with Crippen LogP contribution in [-0.2, 0) is 0 Å². The van der Waals surface area contributed by atoms with Crippen molar-refractivity contribution in [1.29, 1.82) is 0 Å². The number of hydrogen-bond donors (Lipinski definition) is 3. The van der Waals surface area contributed by atoms with Crippen molar-refractivity contribution < 1.29 is 9.80 Å². The third-order valence-corrected chi connectivity index (χ3v) is 7.29. The van der Waals surface area contributed by atoms with Crippen LogP contribution < -0.4 is 15.4 Å². The van der Waals surface area contributed by atoms with Gasteiger partial charge in [-0.3, -0.25) is 4.79 Å². The van der Waals surface area contributed by atoms with Gasteiger partial charge in [-0.2, -0.15) is 0 Å². The van der Waals surface area contributed by atoms with Crippen LogP contribution in [0.1, 0.15) is 61.6 Å². The van der Waals surface area contributed by atoms with Crippen molar-refractivity contribution in [2.45, 2.75) is 51.6 Å². The molecule has 0 amide bonds. The number of H-pyrrole nitrogens is 1. The van der Waals surface area contributed by atoms with E-state index in [4.69, 9.17) is 0 Å². The van der Waals surface area contributed by atoms with Crippen molar-refractivity contribution in [3.8, 4) is 0 Å². The molecule has 3 aromatic rings. The summed E-state index contributed by atoms with van der Waals surface area (Å²) in [6.07, 6.45) is 4.66. The molecule has 2 aliphatic rings. The second kappa shape index (κ2) is 8.51. The molecule has 3 heterocycles. The van der Waals surface area contributed by atoms with Crippen LogP contribution in [0, 0.1) is 6.92 Å². The van der Waals surface area contributed by atoms with Gasteiger partial charge in [0.15, 0.2) is 6.04 Å². The smallest absolute Gasteiger partial charge is 0.258 e. The zero-order chi connectivity index (χ0) is 21.4. The fourth-order valence-electron chi connectivity index (χ4n) is 5.47. The molecular formula is C23H33N7O+2. The van der Waals surface area contributed by atoms with Gasteiger partial charge in [0, 0.05) is 5.52 Å². The maximum absolute atomic E-state index is 13.3. The second-order valence-corrected chi connectivity index (χ2v) is 9.26. The van der Waals surface area contributed by atoms with E-state index in [1.165, 1.54) is 23.3 Å². The SMILES string of the molecule is CC[NH+]1CC[NH+]([C@H](c2cc3cc(C)ccc3[nH]c2=O)c2nnnn2C2CCCC2)CC1. The number of aromatic amines is 1. The molecule has 0 spiro atoms. The fourth-order valence-corrected chi connectivity index (χ4v) is 5.47. The standard InChI is InChI=1S/C23H31N7O/c1-3-28-10-12-29(13-11-28)21(22-25-26-27-30(22)18-6-4-5-7-18)19-15-17-14-16(2)8-9-20(17)24-23(19)31/h8-9,14-15,18,21H,3-7,10-13H2,1-2H3,(H,24,31)/p+2/t21-/m1/s1. The highest BCUT2D eigenvalue weighted by atomic mass is 16.1. The molecule has 2 fully saturated rings. The molecule has 1 atom stereocenters. The first-order chi connectivity index (χ1) is 15.1. The molecule has 3 N–H and O–H groups in total. The predicted octanol–water partition coefficient (Wildman–Crippen LogP) is -0.169. The van der Waals surface area contributed by atoms with Crippen LogP contribution in [0.5, 0.6) is 0 Å². The summed E-state index contributed by atoms with van der Waals surface area (Å²) in [4.78, 5) is 19.4. The Kier molecular flexibility index (Phi) is 5.58. The average Bonchev–Trinajstić information content (AvgIpc) is 3.47. The number of benzene rings is 1. The summed E-state index contributed by atoms with van der Waals surface area (Å²) >= 11 is 0. The number of piperazine rings is 1. The lowest BCUT2D eigenvalue weighted by Gasteiger charge is -2.33. The highest BCUT2D eigenvalue weighted by Gasteiger charge is 2.38.